The van der Waals surface area contributed by atoms with E-state index >= 15 is 4.39 Å². The highest BCUT2D eigenvalue weighted by Crippen LogP contribution is 2.41. The number of pyridine rings is 1. The minimum Gasteiger partial charge on any atom is -0.387 e. The van der Waals surface area contributed by atoms with Crippen molar-refractivity contribution >= 4 is 39.8 Å². The number of piperidine rings is 1. The normalized spacial score (nSPS) is 22.3. The Bertz CT molecular complexity index is 1280. The topological polar surface area (TPSA) is 81.4 Å². The van der Waals surface area contributed by atoms with E-state index in [1.807, 2.05) is 0 Å². The highest BCUT2D eigenvalue weighted by atomic mass is 35.5. The van der Waals surface area contributed by atoms with E-state index in [1.54, 1.807) is 6.92 Å². The zero-order valence-electron chi connectivity index (χ0n) is 20.5. The Hall–Kier alpha value is -2.61. The first-order valence-corrected chi connectivity index (χ1v) is 12.3. The van der Waals surface area contributed by atoms with Crippen LogP contribution in [0, 0.1) is 0 Å². The lowest BCUT2D eigenvalue weighted by Gasteiger charge is -2.42. The minimum absolute atomic E-state index is 0.0739. The SMILES string of the molecule is CNc1cc(Nc2cnn([C@H]3CCN(C4COC4)C[C@@H]3F)c2Cl)nc2c1c(C(F)(F)F)cn2C(C)OC. The van der Waals surface area contributed by atoms with Crippen LogP contribution in [0.4, 0.5) is 34.8 Å². The van der Waals surface area contributed by atoms with Crippen molar-refractivity contribution in [3.05, 3.63) is 29.2 Å². The van der Waals surface area contributed by atoms with Gasteiger partial charge in [-0.3, -0.25) is 4.90 Å². The number of alkyl halides is 4. The van der Waals surface area contributed by atoms with Crippen molar-refractivity contribution in [1.82, 2.24) is 24.2 Å². The second-order valence-corrected chi connectivity index (χ2v) is 9.62. The first-order valence-electron chi connectivity index (χ1n) is 11.9. The van der Waals surface area contributed by atoms with Crippen molar-refractivity contribution in [2.24, 2.45) is 0 Å². The number of fused-ring (bicyclic) bond motifs is 1. The molecule has 2 saturated heterocycles. The van der Waals surface area contributed by atoms with Crippen LogP contribution >= 0.6 is 11.6 Å². The molecule has 202 valence electrons. The van der Waals surface area contributed by atoms with Gasteiger partial charge in [-0.1, -0.05) is 11.6 Å². The van der Waals surface area contributed by atoms with E-state index in [2.05, 4.69) is 25.6 Å². The largest absolute Gasteiger partial charge is 0.418 e. The van der Waals surface area contributed by atoms with Crippen LogP contribution in [0.1, 0.15) is 31.2 Å². The zero-order valence-corrected chi connectivity index (χ0v) is 21.3. The molecule has 0 amide bonds. The van der Waals surface area contributed by atoms with Crippen LogP contribution in [0.3, 0.4) is 0 Å². The van der Waals surface area contributed by atoms with Gasteiger partial charge in [0.2, 0.25) is 0 Å². The fourth-order valence-electron chi connectivity index (χ4n) is 4.87. The maximum atomic E-state index is 15.1. The molecule has 0 aliphatic carbocycles. The summed E-state index contributed by atoms with van der Waals surface area (Å²) in [5.41, 5.74) is -0.154. The molecular formula is C23H28ClF4N7O2. The molecule has 0 aromatic carbocycles. The second kappa shape index (κ2) is 9.93. The van der Waals surface area contributed by atoms with E-state index < -0.39 is 30.2 Å². The van der Waals surface area contributed by atoms with Gasteiger partial charge in [0.15, 0.2) is 5.15 Å². The molecule has 5 heterocycles. The molecule has 2 aliphatic rings. The number of nitrogens with zero attached hydrogens (tertiary/aromatic N) is 5. The zero-order chi connectivity index (χ0) is 26.5. The molecule has 2 aliphatic heterocycles. The molecule has 0 radical (unpaired) electrons. The molecule has 3 aromatic heterocycles. The van der Waals surface area contributed by atoms with Crippen molar-refractivity contribution in [3.63, 3.8) is 0 Å². The molecule has 1 unspecified atom stereocenters. The predicted molar refractivity (Wildman–Crippen MR) is 131 cm³/mol. The third-order valence-corrected chi connectivity index (χ3v) is 7.45. The number of anilines is 3. The van der Waals surface area contributed by atoms with Gasteiger partial charge in [-0.05, 0) is 13.3 Å². The summed E-state index contributed by atoms with van der Waals surface area (Å²) in [6.45, 7) is 3.85. The molecule has 9 nitrogen and oxygen atoms in total. The molecule has 37 heavy (non-hydrogen) atoms. The Kier molecular flexibility index (Phi) is 6.98. The molecule has 14 heteroatoms. The highest BCUT2D eigenvalue weighted by molar-refractivity contribution is 6.32. The maximum absolute atomic E-state index is 15.1. The Labute approximate surface area is 215 Å². The van der Waals surface area contributed by atoms with E-state index in [1.165, 1.54) is 35.7 Å². The lowest BCUT2D eigenvalue weighted by molar-refractivity contribution is -0.136. The van der Waals surface area contributed by atoms with Gasteiger partial charge in [0.25, 0.3) is 0 Å². The quantitative estimate of drug-likeness (QED) is 0.411. The molecule has 2 fully saturated rings. The number of aromatic nitrogens is 4. The Balaban J connectivity index is 1.45. The van der Waals surface area contributed by atoms with E-state index in [-0.39, 0.29) is 40.3 Å². The number of likely N-dealkylation sites (tertiary alicyclic amines) is 1. The van der Waals surface area contributed by atoms with Crippen molar-refractivity contribution in [2.45, 2.75) is 44.0 Å². The summed E-state index contributed by atoms with van der Waals surface area (Å²) < 4.78 is 69.8. The lowest BCUT2D eigenvalue weighted by Crippen LogP contribution is -2.55. The van der Waals surface area contributed by atoms with Gasteiger partial charge in [0.1, 0.15) is 23.9 Å². The second-order valence-electron chi connectivity index (χ2n) is 9.26. The van der Waals surface area contributed by atoms with E-state index in [0.717, 1.165) is 6.20 Å². The summed E-state index contributed by atoms with van der Waals surface area (Å²) in [5, 5.41) is 10.3. The third-order valence-electron chi connectivity index (χ3n) is 7.08. The van der Waals surface area contributed by atoms with E-state index in [9.17, 15) is 13.2 Å². The Morgan fingerprint density at radius 1 is 1.27 bits per heavy atom. The summed E-state index contributed by atoms with van der Waals surface area (Å²) in [7, 11) is 2.94. The summed E-state index contributed by atoms with van der Waals surface area (Å²) in [4.78, 5) is 6.54. The smallest absolute Gasteiger partial charge is 0.387 e. The number of ether oxygens (including phenoxy) is 2. The van der Waals surface area contributed by atoms with Crippen LogP contribution in [0.25, 0.3) is 11.0 Å². The number of hydrogen-bond acceptors (Lipinski definition) is 7. The standard InChI is InChI=1S/C23H28ClF4N7O2/c1-12(36-3)34-8-14(23(26,27)28)20-16(29-2)6-19(32-22(20)34)31-17-7-30-35(21(17)24)18-4-5-33(9-15(18)25)13-10-37-11-13/h6-8,12-13,15,18H,4-5,9-11H2,1-3H3,(H2,29,31,32)/t12?,15-,18-/m0/s1. The average Bonchev–Trinajstić information content (AvgIpc) is 3.38. The molecule has 5 rings (SSSR count). The van der Waals surface area contributed by atoms with Crippen molar-refractivity contribution < 1.29 is 27.0 Å². The van der Waals surface area contributed by atoms with Crippen molar-refractivity contribution in [2.75, 3.05) is 51.1 Å². The number of rotatable bonds is 7. The molecule has 3 aromatic rings. The lowest BCUT2D eigenvalue weighted by atomic mass is 10.0. The van der Waals surface area contributed by atoms with Gasteiger partial charge in [0.05, 0.1) is 48.1 Å². The van der Waals surface area contributed by atoms with Gasteiger partial charge in [-0.2, -0.15) is 18.3 Å². The van der Waals surface area contributed by atoms with Crippen molar-refractivity contribution in [3.8, 4) is 0 Å². The van der Waals surface area contributed by atoms with Crippen LogP contribution in [0.2, 0.25) is 5.15 Å². The molecule has 2 N–H and O–H groups in total. The fraction of sp³-hybridized carbons (Fsp3) is 0.565. The maximum Gasteiger partial charge on any atom is 0.418 e. The summed E-state index contributed by atoms with van der Waals surface area (Å²) in [6, 6.07) is 1.19. The van der Waals surface area contributed by atoms with E-state index in [0.29, 0.717) is 31.9 Å². The van der Waals surface area contributed by atoms with Crippen LogP contribution in [0.15, 0.2) is 18.5 Å². The number of nitrogens with one attached hydrogen (secondary N) is 2. The summed E-state index contributed by atoms with van der Waals surface area (Å²) in [6.07, 6.45) is -3.46. The van der Waals surface area contributed by atoms with Crippen LogP contribution in [-0.2, 0) is 15.7 Å². The van der Waals surface area contributed by atoms with Gasteiger partial charge >= 0.3 is 6.18 Å². The Morgan fingerprint density at radius 3 is 2.62 bits per heavy atom. The van der Waals surface area contributed by atoms with Crippen molar-refractivity contribution in [1.29, 1.82) is 0 Å². The first-order chi connectivity index (χ1) is 17.6. The predicted octanol–water partition coefficient (Wildman–Crippen LogP) is 4.84. The monoisotopic (exact) mass is 545 g/mol. The summed E-state index contributed by atoms with van der Waals surface area (Å²) in [5.74, 6) is 0.242. The van der Waals surface area contributed by atoms with Crippen LogP contribution in [0.5, 0.6) is 0 Å². The molecule has 0 saturated carbocycles. The van der Waals surface area contributed by atoms with Gasteiger partial charge in [0, 0.05) is 45.2 Å². The highest BCUT2D eigenvalue weighted by Gasteiger charge is 2.38. The number of hydrogen-bond donors (Lipinski definition) is 2. The third kappa shape index (κ3) is 4.73. The van der Waals surface area contributed by atoms with Crippen LogP contribution < -0.4 is 10.6 Å². The van der Waals surface area contributed by atoms with E-state index in [4.69, 9.17) is 21.1 Å². The Morgan fingerprint density at radius 2 is 2.03 bits per heavy atom. The van der Waals surface area contributed by atoms with Gasteiger partial charge in [-0.25, -0.2) is 14.1 Å². The van der Waals surface area contributed by atoms with Gasteiger partial charge < -0.3 is 24.7 Å². The molecular weight excluding hydrogens is 518 g/mol. The summed E-state index contributed by atoms with van der Waals surface area (Å²) >= 11 is 6.59. The number of halogens is 5. The molecule has 3 atom stereocenters. The molecule has 0 bridgehead atoms. The number of methoxy groups -OCH3 is 1. The van der Waals surface area contributed by atoms with Gasteiger partial charge in [-0.15, -0.1) is 0 Å². The average molecular weight is 546 g/mol. The first kappa shape index (κ1) is 26.0. The minimum atomic E-state index is -4.59. The molecule has 0 spiro atoms. The fourth-order valence-corrected chi connectivity index (χ4v) is 5.14. The van der Waals surface area contributed by atoms with Crippen LogP contribution in [-0.4, -0.2) is 76.9 Å².